The predicted octanol–water partition coefficient (Wildman–Crippen LogP) is 10.7. The molecule has 1 aliphatic heterocycles. The first-order valence-electron chi connectivity index (χ1n) is 18.7. The van der Waals surface area contributed by atoms with Gasteiger partial charge in [-0.05, 0) is 105 Å². The van der Waals surface area contributed by atoms with Crippen LogP contribution in [0.4, 0.5) is 17.1 Å². The number of anilines is 3. The quantitative estimate of drug-likeness (QED) is 0.103. The van der Waals surface area contributed by atoms with Crippen molar-refractivity contribution in [1.82, 2.24) is 4.57 Å². The summed E-state index contributed by atoms with van der Waals surface area (Å²) in [5.41, 5.74) is 10.5. The minimum Gasteiger partial charge on any atom is -0.744 e. The van der Waals surface area contributed by atoms with Gasteiger partial charge in [0.15, 0.2) is 11.0 Å². The van der Waals surface area contributed by atoms with Crippen LogP contribution in [0.2, 0.25) is 0 Å². The predicted molar refractivity (Wildman–Crippen MR) is 223 cm³/mol. The largest absolute Gasteiger partial charge is 0.744 e. The van der Waals surface area contributed by atoms with Crippen LogP contribution >= 0.6 is 0 Å². The minimum absolute atomic E-state index is 0.178. The summed E-state index contributed by atoms with van der Waals surface area (Å²) >= 11 is 0. The van der Waals surface area contributed by atoms with Gasteiger partial charge >= 0.3 is 0 Å². The molecule has 1 aliphatic rings. The van der Waals surface area contributed by atoms with Crippen molar-refractivity contribution in [2.45, 2.75) is 58.9 Å². The van der Waals surface area contributed by atoms with Gasteiger partial charge in [-0.25, -0.2) is 13.0 Å². The molecule has 0 amide bonds. The van der Waals surface area contributed by atoms with Crippen molar-refractivity contribution in [3.63, 3.8) is 0 Å². The number of allylic oxidation sites excluding steroid dienone is 2. The number of para-hydroxylation sites is 2. The Morgan fingerprint density at radius 2 is 1.28 bits per heavy atom. The number of hydrogen-bond donors (Lipinski definition) is 0. The number of nitrogens with zero attached hydrogens (tertiary/aromatic N) is 4. The van der Waals surface area contributed by atoms with Crippen molar-refractivity contribution in [1.29, 1.82) is 0 Å². The number of aryl methyl sites for hydroxylation is 2. The Kier molecular flexibility index (Phi) is 12.0. The highest BCUT2D eigenvalue weighted by Crippen LogP contribution is 2.47. The maximum absolute atomic E-state index is 10.4. The minimum atomic E-state index is -4.27. The van der Waals surface area contributed by atoms with Gasteiger partial charge in [-0.15, -0.1) is 0 Å². The molecular formula is C46H48N4O3S. The third-order valence-electron chi connectivity index (χ3n) is 9.39. The van der Waals surface area contributed by atoms with E-state index in [4.69, 9.17) is 0 Å². The van der Waals surface area contributed by atoms with Gasteiger partial charge in [0.25, 0.3) is 5.82 Å². The van der Waals surface area contributed by atoms with Gasteiger partial charge in [-0.1, -0.05) is 104 Å². The Hall–Kier alpha value is -5.70. The molecule has 276 valence electrons. The molecule has 0 saturated heterocycles. The summed E-state index contributed by atoms with van der Waals surface area (Å²) in [6.07, 6.45) is 13.3. The zero-order chi connectivity index (χ0) is 38.2. The Morgan fingerprint density at radius 3 is 1.85 bits per heavy atom. The molecule has 0 N–H and O–H groups in total. The van der Waals surface area contributed by atoms with Crippen LogP contribution in [0.25, 0.3) is 34.9 Å². The van der Waals surface area contributed by atoms with E-state index < -0.39 is 10.1 Å². The first-order chi connectivity index (χ1) is 26.2. The van der Waals surface area contributed by atoms with Crippen LogP contribution < -0.4 is 14.4 Å². The second-order valence-corrected chi connectivity index (χ2v) is 14.5. The van der Waals surface area contributed by atoms with Gasteiger partial charge in [0.1, 0.15) is 21.6 Å². The molecule has 6 aromatic rings. The smallest absolute Gasteiger partial charge is 0.291 e. The number of fused-ring (bicyclic) bond motifs is 2. The molecule has 54 heavy (non-hydrogen) atoms. The Bertz CT molecular complexity index is 2410. The lowest BCUT2D eigenvalue weighted by Crippen LogP contribution is -2.36. The second kappa shape index (κ2) is 17.0. The molecular weight excluding hydrogens is 689 g/mol. The van der Waals surface area contributed by atoms with E-state index in [0.717, 1.165) is 54.5 Å². The summed E-state index contributed by atoms with van der Waals surface area (Å²) in [6, 6.07) is 40.9. The maximum atomic E-state index is 10.4. The standard InChI is InChI=1S/C39H41N4.C7H8O3S/c1-5-9-17-30-23-25-34-36(27-30)40(7-3)38(42(34)32-19-13-11-14-20-32)29-39-41(8-4)37-28-31(18-10-6-2)24-26-35(37)43(39)33-21-15-12-16-22-33;1-6-2-4-7(5-3-6)11(8,9)10/h9-29H,5-8H2,1-4H3;2-5H,1H3,(H,8,9,10)/q+1;/p-1/b17-9-,18-10-;. The Morgan fingerprint density at radius 1 is 0.685 bits per heavy atom. The molecule has 8 heteroatoms. The summed E-state index contributed by atoms with van der Waals surface area (Å²) in [5.74, 6) is 2.29. The van der Waals surface area contributed by atoms with Gasteiger partial charge in [-0.2, -0.15) is 4.57 Å². The molecule has 0 aliphatic carbocycles. The van der Waals surface area contributed by atoms with Gasteiger partial charge in [0.05, 0.1) is 28.9 Å². The van der Waals surface area contributed by atoms with Gasteiger partial charge in [0, 0.05) is 12.2 Å². The van der Waals surface area contributed by atoms with Crippen LogP contribution in [-0.2, 0) is 16.7 Å². The molecule has 0 spiro atoms. The lowest BCUT2D eigenvalue weighted by Gasteiger charge is -2.24. The van der Waals surface area contributed by atoms with E-state index in [1.807, 2.05) is 6.92 Å². The molecule has 0 fully saturated rings. The average Bonchev–Trinajstić information content (AvgIpc) is 3.67. The monoisotopic (exact) mass is 736 g/mol. The SMILES string of the molecule is CC/C=C\c1ccc2c(c1)N(CC)/C(=C\c1n(-c3ccccc3)c3ccc(/C=C\CC)cc3[n+]1CC)N2c1ccccc1.Cc1ccc(S(=O)(=O)[O-])cc1. The van der Waals surface area contributed by atoms with Gasteiger partial charge in [0.2, 0.25) is 0 Å². The number of hydrogen-bond acceptors (Lipinski definition) is 5. The fourth-order valence-electron chi connectivity index (χ4n) is 6.81. The van der Waals surface area contributed by atoms with E-state index in [0.29, 0.717) is 0 Å². The highest BCUT2D eigenvalue weighted by molar-refractivity contribution is 7.85. The Balaban J connectivity index is 0.000000389. The molecule has 0 atom stereocenters. The van der Waals surface area contributed by atoms with Crippen LogP contribution in [0.3, 0.4) is 0 Å². The maximum Gasteiger partial charge on any atom is 0.291 e. The molecule has 0 unspecified atom stereocenters. The van der Waals surface area contributed by atoms with E-state index in [1.54, 1.807) is 12.1 Å². The lowest BCUT2D eigenvalue weighted by molar-refractivity contribution is -0.670. The zero-order valence-corrected chi connectivity index (χ0v) is 32.5. The van der Waals surface area contributed by atoms with Crippen molar-refractivity contribution >= 4 is 56.4 Å². The molecule has 7 nitrogen and oxygen atoms in total. The number of aromatic nitrogens is 2. The summed E-state index contributed by atoms with van der Waals surface area (Å²) in [6.45, 7) is 12.4. The fraction of sp³-hybridized carbons (Fsp3) is 0.196. The second-order valence-electron chi connectivity index (χ2n) is 13.1. The first-order valence-corrected chi connectivity index (χ1v) is 20.1. The van der Waals surface area contributed by atoms with E-state index in [9.17, 15) is 13.0 Å². The van der Waals surface area contributed by atoms with Crippen molar-refractivity contribution in [3.05, 3.63) is 162 Å². The highest BCUT2D eigenvalue weighted by Gasteiger charge is 2.34. The number of rotatable bonds is 10. The van der Waals surface area contributed by atoms with Crippen molar-refractivity contribution < 1.29 is 17.5 Å². The van der Waals surface area contributed by atoms with Crippen LogP contribution in [0.1, 0.15) is 63.1 Å². The molecule has 7 rings (SSSR count). The van der Waals surface area contributed by atoms with Crippen LogP contribution in [0.5, 0.6) is 0 Å². The van der Waals surface area contributed by atoms with Gasteiger partial charge < -0.3 is 9.45 Å². The molecule has 1 aromatic heterocycles. The number of imidazole rings is 1. The third-order valence-corrected chi connectivity index (χ3v) is 10.2. The van der Waals surface area contributed by atoms with E-state index >= 15 is 0 Å². The summed E-state index contributed by atoms with van der Waals surface area (Å²) < 4.78 is 36.0. The van der Waals surface area contributed by atoms with E-state index in [-0.39, 0.29) is 4.90 Å². The summed E-state index contributed by atoms with van der Waals surface area (Å²) in [4.78, 5) is 4.69. The third kappa shape index (κ3) is 8.10. The Labute approximate surface area is 320 Å². The van der Waals surface area contributed by atoms with Gasteiger partial charge in [-0.3, -0.25) is 4.90 Å². The average molecular weight is 737 g/mol. The number of benzene rings is 5. The van der Waals surface area contributed by atoms with E-state index in [2.05, 4.69) is 174 Å². The lowest BCUT2D eigenvalue weighted by atomic mass is 10.1. The molecule has 0 saturated carbocycles. The summed E-state index contributed by atoms with van der Waals surface area (Å²) in [7, 11) is -4.27. The molecule has 0 bridgehead atoms. The van der Waals surface area contributed by atoms with Crippen molar-refractivity contribution in [2.75, 3.05) is 16.3 Å². The molecule has 5 aromatic carbocycles. The first kappa shape index (κ1) is 38.0. The fourth-order valence-corrected chi connectivity index (χ4v) is 7.28. The zero-order valence-electron chi connectivity index (χ0n) is 31.7. The van der Waals surface area contributed by atoms with Crippen LogP contribution in [-0.4, -0.2) is 24.1 Å². The summed E-state index contributed by atoms with van der Waals surface area (Å²) in [5, 5.41) is 0. The van der Waals surface area contributed by atoms with Crippen LogP contribution in [0, 0.1) is 6.92 Å². The van der Waals surface area contributed by atoms with E-state index in [1.165, 1.54) is 45.7 Å². The molecule has 0 radical (unpaired) electrons. The highest BCUT2D eigenvalue weighted by atomic mass is 32.2. The van der Waals surface area contributed by atoms with Crippen molar-refractivity contribution in [3.8, 4) is 5.69 Å². The van der Waals surface area contributed by atoms with Crippen molar-refractivity contribution in [2.24, 2.45) is 0 Å². The topological polar surface area (TPSA) is 72.5 Å². The normalized spacial score (nSPS) is 13.6. The van der Waals surface area contributed by atoms with Crippen LogP contribution in [0.15, 0.2) is 144 Å². The molecule has 2 heterocycles.